The summed E-state index contributed by atoms with van der Waals surface area (Å²) in [6.45, 7) is 9.77. The van der Waals surface area contributed by atoms with Gasteiger partial charge in [0.05, 0.1) is 29.8 Å². The number of aromatic nitrogens is 1. The smallest absolute Gasteiger partial charge is 0.350 e. The van der Waals surface area contributed by atoms with E-state index < -0.39 is 17.9 Å². The number of carbonyl (C=O) groups excluding carboxylic acids is 2. The molecule has 0 spiro atoms. The van der Waals surface area contributed by atoms with E-state index in [1.54, 1.807) is 13.0 Å². The van der Waals surface area contributed by atoms with Crippen LogP contribution in [0.4, 0.5) is 5.13 Å². The fourth-order valence-corrected chi connectivity index (χ4v) is 5.58. The fourth-order valence-electron chi connectivity index (χ4n) is 4.57. The number of aryl methyl sites for hydroxylation is 3. The Labute approximate surface area is 212 Å². The lowest BCUT2D eigenvalue weighted by molar-refractivity contribution is 0.0605. The minimum Gasteiger partial charge on any atom is -0.465 e. The van der Waals surface area contributed by atoms with E-state index in [1.807, 2.05) is 44.2 Å². The van der Waals surface area contributed by atoms with Crippen molar-refractivity contribution in [3.05, 3.63) is 90.8 Å². The molecule has 0 fully saturated rings. The maximum absolute atomic E-state index is 13.9. The van der Waals surface area contributed by atoms with Gasteiger partial charge in [-0.2, -0.15) is 0 Å². The third kappa shape index (κ3) is 3.64. The number of rotatable bonds is 4. The summed E-state index contributed by atoms with van der Waals surface area (Å²) in [5.41, 5.74) is 4.69. The Morgan fingerprint density at radius 3 is 2.39 bits per heavy atom. The highest BCUT2D eigenvalue weighted by molar-refractivity contribution is 7.17. The van der Waals surface area contributed by atoms with Crippen molar-refractivity contribution in [3.63, 3.8) is 0 Å². The predicted molar refractivity (Wildman–Crippen MR) is 139 cm³/mol. The number of carbonyl (C=O) groups is 2. The summed E-state index contributed by atoms with van der Waals surface area (Å²) in [6, 6.07) is 10.7. The van der Waals surface area contributed by atoms with Gasteiger partial charge >= 0.3 is 5.97 Å². The normalized spacial score (nSPS) is 15.1. The third-order valence-electron chi connectivity index (χ3n) is 6.77. The summed E-state index contributed by atoms with van der Waals surface area (Å²) in [6.07, 6.45) is 0. The number of ether oxygens (including phenoxy) is 1. The molecule has 5 rings (SSSR count). The van der Waals surface area contributed by atoms with Gasteiger partial charge in [-0.3, -0.25) is 14.5 Å². The number of amides is 1. The Morgan fingerprint density at radius 2 is 1.75 bits per heavy atom. The van der Waals surface area contributed by atoms with Crippen molar-refractivity contribution in [2.24, 2.45) is 0 Å². The molecule has 3 heterocycles. The summed E-state index contributed by atoms with van der Waals surface area (Å²) in [5.74, 6) is -0.660. The molecular weight excluding hydrogens is 476 g/mol. The van der Waals surface area contributed by atoms with Gasteiger partial charge in [0.25, 0.3) is 5.91 Å². The van der Waals surface area contributed by atoms with Gasteiger partial charge in [-0.15, -0.1) is 0 Å². The average molecular weight is 503 g/mol. The van der Waals surface area contributed by atoms with E-state index in [2.05, 4.69) is 18.8 Å². The number of thiazole rings is 1. The quantitative estimate of drug-likeness (QED) is 0.326. The zero-order valence-electron chi connectivity index (χ0n) is 21.0. The second kappa shape index (κ2) is 8.71. The van der Waals surface area contributed by atoms with E-state index in [9.17, 15) is 14.4 Å². The number of methoxy groups -OCH3 is 1. The highest BCUT2D eigenvalue weighted by Gasteiger charge is 2.45. The summed E-state index contributed by atoms with van der Waals surface area (Å²) in [7, 11) is 1.30. The Kier molecular flexibility index (Phi) is 5.79. The molecule has 0 bridgehead atoms. The van der Waals surface area contributed by atoms with Crippen LogP contribution in [-0.4, -0.2) is 24.0 Å². The first-order valence-electron chi connectivity index (χ1n) is 11.7. The van der Waals surface area contributed by atoms with Crippen LogP contribution in [0, 0.1) is 20.8 Å². The molecule has 1 amide bonds. The van der Waals surface area contributed by atoms with Crippen molar-refractivity contribution >= 4 is 39.3 Å². The Hall–Kier alpha value is -3.78. The van der Waals surface area contributed by atoms with Crippen LogP contribution in [0.1, 0.15) is 79.5 Å². The van der Waals surface area contributed by atoms with Gasteiger partial charge in [0, 0.05) is 0 Å². The minimum atomic E-state index is -0.744. The molecule has 1 aliphatic rings. The molecule has 0 radical (unpaired) electrons. The van der Waals surface area contributed by atoms with Crippen LogP contribution in [0.2, 0.25) is 0 Å². The van der Waals surface area contributed by atoms with Gasteiger partial charge in [0.2, 0.25) is 5.76 Å². The molecule has 2 aromatic heterocycles. The number of hydrogen-bond donors (Lipinski definition) is 0. The SMILES string of the molecule is COC(=O)c1sc(N2C(=O)c3oc4cc(C)c(C)cc4c(=O)c3C2c2ccc(C(C)C)cc2)nc1C. The minimum absolute atomic E-state index is 0.00107. The number of esters is 1. The summed E-state index contributed by atoms with van der Waals surface area (Å²) in [5, 5.41) is 0.735. The van der Waals surface area contributed by atoms with E-state index in [0.717, 1.165) is 33.6 Å². The monoisotopic (exact) mass is 502 g/mol. The van der Waals surface area contributed by atoms with E-state index in [4.69, 9.17) is 9.15 Å². The van der Waals surface area contributed by atoms with E-state index in [0.29, 0.717) is 32.6 Å². The molecule has 8 heteroatoms. The molecule has 4 aromatic rings. The fraction of sp³-hybridized carbons (Fsp3) is 0.286. The summed E-state index contributed by atoms with van der Waals surface area (Å²) in [4.78, 5) is 46.2. The van der Waals surface area contributed by atoms with Crippen molar-refractivity contribution in [2.75, 3.05) is 12.0 Å². The van der Waals surface area contributed by atoms with E-state index >= 15 is 0 Å². The van der Waals surface area contributed by atoms with E-state index in [-0.39, 0.29) is 16.8 Å². The molecular formula is C28H26N2O5S. The maximum atomic E-state index is 13.9. The first-order valence-corrected chi connectivity index (χ1v) is 12.5. The molecule has 2 aromatic carbocycles. The van der Waals surface area contributed by atoms with Crippen molar-refractivity contribution in [2.45, 2.75) is 46.6 Å². The van der Waals surface area contributed by atoms with Crippen LogP contribution in [0.5, 0.6) is 0 Å². The molecule has 1 atom stereocenters. The second-order valence-corrected chi connectivity index (χ2v) is 10.4. The topological polar surface area (TPSA) is 89.7 Å². The predicted octanol–water partition coefficient (Wildman–Crippen LogP) is 5.83. The number of nitrogens with zero attached hydrogens (tertiary/aromatic N) is 2. The number of fused-ring (bicyclic) bond motifs is 2. The van der Waals surface area contributed by atoms with Gasteiger partial charge in [-0.25, -0.2) is 9.78 Å². The Bertz CT molecular complexity index is 1600. The Morgan fingerprint density at radius 1 is 1.08 bits per heavy atom. The van der Waals surface area contributed by atoms with Crippen LogP contribution < -0.4 is 10.3 Å². The standard InChI is InChI=1S/C28H26N2O5S/c1-13(2)17-7-9-18(10-8-17)22-21-23(31)19-11-14(3)15(4)12-20(19)35-24(21)26(32)30(22)28-29-16(5)25(36-28)27(33)34-6/h7-13,22H,1-6H3. The van der Waals surface area contributed by atoms with Crippen LogP contribution in [0.25, 0.3) is 11.0 Å². The lowest BCUT2D eigenvalue weighted by Gasteiger charge is -2.23. The third-order valence-corrected chi connectivity index (χ3v) is 7.90. The maximum Gasteiger partial charge on any atom is 0.350 e. The van der Waals surface area contributed by atoms with Crippen LogP contribution in [-0.2, 0) is 4.74 Å². The molecule has 1 aliphatic heterocycles. The van der Waals surface area contributed by atoms with Crippen molar-refractivity contribution in [3.8, 4) is 0 Å². The number of hydrogen-bond acceptors (Lipinski definition) is 7. The van der Waals surface area contributed by atoms with Gasteiger partial charge in [0.15, 0.2) is 10.6 Å². The Balaban J connectivity index is 1.77. The molecule has 1 unspecified atom stereocenters. The molecule has 7 nitrogen and oxygen atoms in total. The van der Waals surface area contributed by atoms with Crippen LogP contribution >= 0.6 is 11.3 Å². The lowest BCUT2D eigenvalue weighted by Crippen LogP contribution is -2.29. The molecule has 0 N–H and O–H groups in total. The number of anilines is 1. The van der Waals surface area contributed by atoms with Gasteiger partial charge in [0.1, 0.15) is 10.5 Å². The first-order chi connectivity index (χ1) is 17.1. The molecule has 0 saturated carbocycles. The average Bonchev–Trinajstić information content (AvgIpc) is 3.37. The summed E-state index contributed by atoms with van der Waals surface area (Å²) < 4.78 is 11.0. The molecule has 0 aliphatic carbocycles. The van der Waals surface area contributed by atoms with E-state index in [1.165, 1.54) is 12.0 Å². The highest BCUT2D eigenvalue weighted by Crippen LogP contribution is 2.43. The summed E-state index contributed by atoms with van der Waals surface area (Å²) >= 11 is 1.06. The van der Waals surface area contributed by atoms with Crippen LogP contribution in [0.3, 0.4) is 0 Å². The number of benzene rings is 2. The van der Waals surface area contributed by atoms with Crippen molar-refractivity contribution in [1.29, 1.82) is 0 Å². The molecule has 36 heavy (non-hydrogen) atoms. The van der Waals surface area contributed by atoms with Crippen LogP contribution in [0.15, 0.2) is 45.6 Å². The van der Waals surface area contributed by atoms with Gasteiger partial charge in [-0.05, 0) is 61.1 Å². The largest absolute Gasteiger partial charge is 0.465 e. The molecule has 184 valence electrons. The molecule has 0 saturated heterocycles. The zero-order valence-corrected chi connectivity index (χ0v) is 21.8. The zero-order chi connectivity index (χ0) is 25.9. The van der Waals surface area contributed by atoms with Gasteiger partial charge < -0.3 is 9.15 Å². The van der Waals surface area contributed by atoms with Crippen molar-refractivity contribution < 1.29 is 18.7 Å². The first kappa shape index (κ1) is 23.9. The lowest BCUT2D eigenvalue weighted by atomic mass is 9.95. The second-order valence-electron chi connectivity index (χ2n) is 9.41. The van der Waals surface area contributed by atoms with Crippen molar-refractivity contribution in [1.82, 2.24) is 4.98 Å². The highest BCUT2D eigenvalue weighted by atomic mass is 32.1. The van der Waals surface area contributed by atoms with Gasteiger partial charge in [-0.1, -0.05) is 49.4 Å².